The number of imide groups is 3. The molecule has 22 heteroatoms. The summed E-state index contributed by atoms with van der Waals surface area (Å²) in [7, 11) is 0. The lowest BCUT2D eigenvalue weighted by Gasteiger charge is -2.19. The summed E-state index contributed by atoms with van der Waals surface area (Å²) in [6.07, 6.45) is 2.71. The lowest BCUT2D eigenvalue weighted by atomic mass is 9.91. The summed E-state index contributed by atoms with van der Waals surface area (Å²) >= 11 is 0. The van der Waals surface area contributed by atoms with E-state index in [1.54, 1.807) is 30.3 Å². The number of non-ortho nitro benzene ring substituents is 2. The maximum absolute atomic E-state index is 12.0. The van der Waals surface area contributed by atoms with E-state index in [0.29, 0.717) is 48.9 Å². The minimum absolute atomic E-state index is 0. The second kappa shape index (κ2) is 25.5. The van der Waals surface area contributed by atoms with Crippen molar-refractivity contribution in [3.63, 3.8) is 0 Å². The van der Waals surface area contributed by atoms with E-state index in [9.17, 15) is 63.4 Å². The summed E-state index contributed by atoms with van der Waals surface area (Å²) in [5.41, 5.74) is 11.5. The highest BCUT2D eigenvalue weighted by molar-refractivity contribution is 6.01. The third-order valence-electron chi connectivity index (χ3n) is 9.36. The van der Waals surface area contributed by atoms with Crippen molar-refractivity contribution in [2.45, 2.75) is 76.7 Å². The van der Waals surface area contributed by atoms with Crippen molar-refractivity contribution < 1.29 is 76.2 Å². The molecule has 3 aromatic carbocycles. The number of hydrogen-bond donors (Lipinski definition) is 6. The van der Waals surface area contributed by atoms with Crippen LogP contribution in [-0.4, -0.2) is 74.0 Å². The van der Waals surface area contributed by atoms with Gasteiger partial charge in [0.25, 0.3) is 17.3 Å². The standard InChI is InChI=1S/C14H14N2O5.C14H16N2O3.C8H7NO4.C5H8N2O2.ClH/c17-12(8-10-4-5-13(18)15-14(10)19)7-9-2-1-3-11(6-9)16(20)21;15-11-3-1-2-9(6-11)7-12(17)8-10-4-5-13(18)16-14(10)19;10-8(11)5-6-2-1-3-7(4-6)9(12)13;6-3-1-2-4(8)7-5(3)9;/h1-3,6,10H,4-5,7-8H2,(H,15,18,19);1-3,6,10H,4-5,7-8,15H2,(H,16,18,19);1-4H,5H2,(H,10,11);3H,1-2,6H2,(H,7,8,9);1H. The molecule has 3 fully saturated rings. The maximum atomic E-state index is 12.0. The topological polar surface area (TPSA) is 350 Å². The molecule has 3 aliphatic rings. The second-order valence-corrected chi connectivity index (χ2v) is 14.5. The van der Waals surface area contributed by atoms with Gasteiger partial charge >= 0.3 is 5.97 Å². The molecule has 3 heterocycles. The molecule has 3 aromatic rings. The summed E-state index contributed by atoms with van der Waals surface area (Å²) in [5.74, 6) is -3.82. The van der Waals surface area contributed by atoms with Crippen LogP contribution in [-0.2, 0) is 62.4 Å². The number of nitrogens with zero attached hydrogens (tertiary/aromatic N) is 2. The van der Waals surface area contributed by atoms with E-state index >= 15 is 0 Å². The molecule has 0 spiro atoms. The fourth-order valence-corrected chi connectivity index (χ4v) is 6.19. The molecule has 3 unspecified atom stereocenters. The number of nitrogens with two attached hydrogens (primary N) is 1. The van der Waals surface area contributed by atoms with Gasteiger partial charge in [-0.2, -0.15) is 0 Å². The van der Waals surface area contributed by atoms with Crippen LogP contribution in [0.3, 0.4) is 0 Å². The first-order valence-electron chi connectivity index (χ1n) is 19.2. The summed E-state index contributed by atoms with van der Waals surface area (Å²) in [5, 5.41) is 36.0. The Hall–Kier alpha value is -7.26. The zero-order valence-corrected chi connectivity index (χ0v) is 34.5. The first kappa shape index (κ1) is 51.9. The first-order chi connectivity index (χ1) is 29.3. The van der Waals surface area contributed by atoms with Gasteiger partial charge in [-0.25, -0.2) is 0 Å². The minimum atomic E-state index is -1.000. The Bertz CT molecular complexity index is 2230. The van der Waals surface area contributed by atoms with Crippen LogP contribution in [0.5, 0.6) is 0 Å². The third-order valence-corrected chi connectivity index (χ3v) is 9.36. The van der Waals surface area contributed by atoms with Crippen LogP contribution in [0, 0.1) is 32.1 Å². The number of carboxylic acid groups (broad SMARTS) is 1. The fourth-order valence-electron chi connectivity index (χ4n) is 6.19. The van der Waals surface area contributed by atoms with Gasteiger partial charge in [0.1, 0.15) is 11.6 Å². The SMILES string of the molecule is Nc1cccc(CC(=O)CC2CCC(=O)NC2=O)c1.O=C(Cc1cccc([N+](=O)[O-])c1)CC1CCC(=O)NC1=O.O=C(O)Cc1cccc([N+](=O)[O-])c1.[Cl-].[NH3+]C1CCC(=O)NC1=O. The van der Waals surface area contributed by atoms with E-state index in [4.69, 9.17) is 10.8 Å². The molecule has 9 N–H and O–H groups in total. The average molecular weight is 896 g/mol. The van der Waals surface area contributed by atoms with Crippen molar-refractivity contribution in [3.05, 3.63) is 110 Å². The molecule has 0 saturated carbocycles. The van der Waals surface area contributed by atoms with Crippen LogP contribution in [0.15, 0.2) is 72.8 Å². The second-order valence-electron chi connectivity index (χ2n) is 14.5. The molecule has 336 valence electrons. The number of nitro benzene ring substituents is 2. The quantitative estimate of drug-likeness (QED) is 0.0507. The van der Waals surface area contributed by atoms with Crippen LogP contribution in [0.1, 0.15) is 68.1 Å². The summed E-state index contributed by atoms with van der Waals surface area (Å²) in [6.45, 7) is 0. The van der Waals surface area contributed by atoms with Crippen molar-refractivity contribution in [2.75, 3.05) is 5.73 Å². The Labute approximate surface area is 365 Å². The van der Waals surface area contributed by atoms with Gasteiger partial charge in [0.15, 0.2) is 6.04 Å². The predicted octanol–water partition coefficient (Wildman–Crippen LogP) is -1.77. The number of carbonyl (C=O) groups is 9. The van der Waals surface area contributed by atoms with Gasteiger partial charge in [-0.15, -0.1) is 0 Å². The molecule has 21 nitrogen and oxygen atoms in total. The number of nitro groups is 2. The number of nitrogen functional groups attached to an aromatic ring is 1. The monoisotopic (exact) mass is 895 g/mol. The van der Waals surface area contributed by atoms with Crippen LogP contribution in [0.2, 0.25) is 0 Å². The number of anilines is 1. The number of rotatable bonds is 12. The van der Waals surface area contributed by atoms with Crippen molar-refractivity contribution in [1.82, 2.24) is 16.0 Å². The normalized spacial score (nSPS) is 17.8. The number of quaternary nitrogens is 1. The van der Waals surface area contributed by atoms with E-state index in [1.165, 1.54) is 36.4 Å². The molecule has 0 aliphatic carbocycles. The molecular formula is C41H46ClN7O14. The molecule has 0 aromatic heterocycles. The molecule has 63 heavy (non-hydrogen) atoms. The number of Topliss-reactive ketones (excluding diaryl/α,β-unsaturated/α-hetero) is 2. The number of carbonyl (C=O) groups excluding carboxylic acids is 8. The van der Waals surface area contributed by atoms with Gasteiger partial charge in [-0.1, -0.05) is 36.4 Å². The summed E-state index contributed by atoms with van der Waals surface area (Å²) < 4.78 is 0. The Kier molecular flexibility index (Phi) is 21.0. The molecule has 6 amide bonds. The van der Waals surface area contributed by atoms with Crippen molar-refractivity contribution in [2.24, 2.45) is 11.8 Å². The number of carboxylic acids is 1. The minimum Gasteiger partial charge on any atom is -1.00 e. The van der Waals surface area contributed by atoms with Gasteiger partial charge in [-0.05, 0) is 41.7 Å². The van der Waals surface area contributed by atoms with Crippen molar-refractivity contribution in [1.29, 1.82) is 0 Å². The highest BCUT2D eigenvalue weighted by atomic mass is 35.5. The Balaban J connectivity index is 0.000000300. The van der Waals surface area contributed by atoms with E-state index in [2.05, 4.69) is 21.7 Å². The van der Waals surface area contributed by atoms with Gasteiger partial charge in [0.2, 0.25) is 29.5 Å². The number of benzene rings is 3. The molecule has 0 bridgehead atoms. The van der Waals surface area contributed by atoms with Crippen molar-refractivity contribution in [3.8, 4) is 0 Å². The number of hydrogen-bond acceptors (Lipinski definition) is 14. The highest BCUT2D eigenvalue weighted by Crippen LogP contribution is 2.20. The molecule has 3 aliphatic heterocycles. The first-order valence-corrected chi connectivity index (χ1v) is 19.2. The molecular weight excluding hydrogens is 850 g/mol. The summed E-state index contributed by atoms with van der Waals surface area (Å²) in [4.78, 5) is 120. The van der Waals surface area contributed by atoms with Crippen LogP contribution >= 0.6 is 0 Å². The maximum Gasteiger partial charge on any atom is 0.307 e. The number of amides is 6. The largest absolute Gasteiger partial charge is 1.00 e. The van der Waals surface area contributed by atoms with E-state index in [1.807, 2.05) is 6.07 Å². The van der Waals surface area contributed by atoms with E-state index in [-0.39, 0.29) is 115 Å². The third kappa shape index (κ3) is 18.9. The lowest BCUT2D eigenvalue weighted by molar-refractivity contribution is -0.405. The van der Waals surface area contributed by atoms with E-state index < -0.39 is 27.6 Å². The van der Waals surface area contributed by atoms with Crippen molar-refractivity contribution >= 4 is 70.0 Å². The number of piperidine rings is 3. The van der Waals surface area contributed by atoms with Gasteiger partial charge < -0.3 is 29.0 Å². The Morgan fingerprint density at radius 1 is 0.619 bits per heavy atom. The molecule has 0 radical (unpaired) electrons. The van der Waals surface area contributed by atoms with Gasteiger partial charge in [0.05, 0.1) is 16.3 Å². The summed E-state index contributed by atoms with van der Waals surface area (Å²) in [6, 6.07) is 18.4. The zero-order valence-electron chi connectivity index (χ0n) is 33.7. The lowest BCUT2D eigenvalue weighted by Crippen LogP contribution is -3.00. The Morgan fingerprint density at radius 2 is 1.00 bits per heavy atom. The number of aliphatic carboxylic acids is 1. The van der Waals surface area contributed by atoms with Crippen LogP contribution in [0.4, 0.5) is 17.1 Å². The zero-order chi connectivity index (χ0) is 45.9. The fraction of sp³-hybridized carbons (Fsp3) is 0.341. The highest BCUT2D eigenvalue weighted by Gasteiger charge is 2.30. The number of halogens is 1. The molecule has 3 atom stereocenters. The predicted molar refractivity (Wildman–Crippen MR) is 216 cm³/mol. The van der Waals surface area contributed by atoms with Crippen LogP contribution < -0.4 is 39.8 Å². The Morgan fingerprint density at radius 3 is 1.37 bits per heavy atom. The van der Waals surface area contributed by atoms with Gasteiger partial charge in [0, 0.05) is 93.2 Å². The molecule has 6 rings (SSSR count). The van der Waals surface area contributed by atoms with E-state index in [0.717, 1.165) is 5.56 Å². The van der Waals surface area contributed by atoms with Gasteiger partial charge in [-0.3, -0.25) is 79.3 Å². The average Bonchev–Trinajstić information content (AvgIpc) is 3.19. The number of ketones is 2. The van der Waals surface area contributed by atoms with Crippen LogP contribution in [0.25, 0.3) is 0 Å². The molecule has 3 saturated heterocycles. The number of nitrogens with one attached hydrogen (secondary N) is 3. The smallest absolute Gasteiger partial charge is 0.307 e.